The first-order valence-corrected chi connectivity index (χ1v) is 25.7. The molecule has 0 saturated carbocycles. The molecule has 9 N–H and O–H groups in total. The van der Waals surface area contributed by atoms with Crippen LogP contribution in [0.2, 0.25) is 0 Å². The molecule has 2 aromatic carbocycles. The summed E-state index contributed by atoms with van der Waals surface area (Å²) in [5, 5.41) is 29.4. The summed E-state index contributed by atoms with van der Waals surface area (Å²) < 4.78 is 67.9. The number of carbonyl (C=O) groups excluding carboxylic acids is 1. The third-order valence-electron chi connectivity index (χ3n) is 12.5. The van der Waals surface area contributed by atoms with Crippen LogP contribution in [0.1, 0.15) is 83.1 Å². The van der Waals surface area contributed by atoms with Gasteiger partial charge in [-0.05, 0) is 64.2 Å². The van der Waals surface area contributed by atoms with Gasteiger partial charge in [0.05, 0.1) is 34.1 Å². The fourth-order valence-electron chi connectivity index (χ4n) is 9.38. The molecule has 0 unspecified atom stereocenters. The number of carbonyl (C=O) groups is 1. The van der Waals surface area contributed by atoms with Crippen molar-refractivity contribution >= 4 is 63.9 Å². The number of imidazole rings is 1. The molecule has 0 spiro atoms. The summed E-state index contributed by atoms with van der Waals surface area (Å²) in [5.74, 6) is 0.181. The zero-order valence-electron chi connectivity index (χ0n) is 37.9. The fraction of sp³-hybridized carbons (Fsp3) is 0.535. The average Bonchev–Trinajstić information content (AvgIpc) is 3.76. The van der Waals surface area contributed by atoms with Gasteiger partial charge in [0.15, 0.2) is 28.9 Å². The molecule has 4 atom stereocenters. The number of anilines is 3. The van der Waals surface area contributed by atoms with Gasteiger partial charge >= 0.3 is 7.82 Å². The minimum Gasteiger partial charge on any atom is -0.748 e. The number of fused-ring (bicyclic) bond motifs is 5. The minimum absolute atomic E-state index is 0.0570. The van der Waals surface area contributed by atoms with Crippen molar-refractivity contribution in [1.29, 1.82) is 0 Å². The van der Waals surface area contributed by atoms with Crippen LogP contribution in [0.5, 0.6) is 11.5 Å². The number of unbranched alkanes of at least 4 members (excludes halogenated alkanes) is 3. The Balaban J connectivity index is 0.846. The van der Waals surface area contributed by atoms with Crippen molar-refractivity contribution in [1.82, 2.24) is 29.4 Å². The molecule has 8 rings (SSSR count). The number of aliphatic hydroxyl groups is 2. The van der Waals surface area contributed by atoms with Gasteiger partial charge in [-0.3, -0.25) is 23.7 Å². The average molecular weight is 985 g/mol. The molecule has 4 aliphatic rings. The predicted molar refractivity (Wildman–Crippen MR) is 248 cm³/mol. The monoisotopic (exact) mass is 984 g/mol. The number of aryl methyl sites for hydroxylation is 1. The first kappa shape index (κ1) is 49.1. The molecule has 23 nitrogen and oxygen atoms in total. The number of nitrogens with one attached hydrogen (secondary N) is 3. The van der Waals surface area contributed by atoms with E-state index in [0.29, 0.717) is 78.3 Å². The second kappa shape index (κ2) is 19.6. The zero-order chi connectivity index (χ0) is 48.7. The lowest BCUT2D eigenvalue weighted by molar-refractivity contribution is -0.121. The van der Waals surface area contributed by atoms with E-state index in [1.165, 1.54) is 10.1 Å². The van der Waals surface area contributed by atoms with Gasteiger partial charge in [0.25, 0.3) is 5.56 Å². The van der Waals surface area contributed by atoms with Crippen LogP contribution in [-0.2, 0) is 35.2 Å². The lowest BCUT2D eigenvalue weighted by atomic mass is 9.88. The van der Waals surface area contributed by atoms with E-state index < -0.39 is 65.9 Å². The molecule has 0 bridgehead atoms. The first-order chi connectivity index (χ1) is 32.2. The molecule has 1 fully saturated rings. The fourth-order valence-corrected chi connectivity index (χ4v) is 10.3. The van der Waals surface area contributed by atoms with Crippen LogP contribution in [0.3, 0.4) is 0 Å². The lowest BCUT2D eigenvalue weighted by Crippen LogP contribution is -2.46. The van der Waals surface area contributed by atoms with Crippen molar-refractivity contribution in [3.63, 3.8) is 0 Å². The Labute approximate surface area is 390 Å². The summed E-state index contributed by atoms with van der Waals surface area (Å²) in [5.41, 5.74) is 7.62. The number of H-pyrrole nitrogens is 1. The highest BCUT2D eigenvalue weighted by Crippen LogP contribution is 2.47. The number of phosphoric ester groups is 1. The predicted octanol–water partition coefficient (Wildman–Crippen LogP) is 1.04. The van der Waals surface area contributed by atoms with Crippen molar-refractivity contribution in [2.75, 3.05) is 61.0 Å². The molecule has 4 aliphatic heterocycles. The van der Waals surface area contributed by atoms with Crippen LogP contribution in [-0.4, -0.2) is 127 Å². The highest BCUT2D eigenvalue weighted by molar-refractivity contribution is 7.86. The van der Waals surface area contributed by atoms with Gasteiger partial charge in [0.2, 0.25) is 23.2 Å². The summed E-state index contributed by atoms with van der Waals surface area (Å²) in [6.45, 7) is 8.35. The van der Waals surface area contributed by atoms with Crippen molar-refractivity contribution < 1.29 is 56.3 Å². The zero-order valence-corrected chi connectivity index (χ0v) is 39.6. The van der Waals surface area contributed by atoms with E-state index in [1.807, 2.05) is 26.0 Å². The Morgan fingerprint density at radius 1 is 1.09 bits per heavy atom. The molecule has 0 aliphatic carbocycles. The Kier molecular flexibility index (Phi) is 14.2. The summed E-state index contributed by atoms with van der Waals surface area (Å²) in [6, 6.07) is 7.74. The standard InChI is InChI=1S/C43H57N10O13PS/c1-4-51-15-9-11-24-17-27-31(19-29(24)51)65-32-20-30-26(18-28(32)47-27)25(23-68(61,62)63)21-43(2,3)52(30)16-10-12-34(54)45-13-7-5-6-8-14-46-42-48-35-38(49-41(44)50-39(35)57)53(42)40-37(56)36(55)33(66-40)22-64-67(58,59)60/h17-21,33,36-37,40,47,55-56H,4-16,22-23H2,1-3H3,(H6,44,45,50,54,57,58,59,60,61,62,63)/t33-,36-,37-,40-/m1/s1. The van der Waals surface area contributed by atoms with Gasteiger partial charge in [0.1, 0.15) is 42.4 Å². The van der Waals surface area contributed by atoms with Gasteiger partial charge in [0, 0.05) is 55.4 Å². The number of hydrogen-bond acceptors (Lipinski definition) is 17. The number of hydrogen-bond donors (Lipinski definition) is 8. The maximum atomic E-state index is 13.0. The number of aromatic amines is 1. The van der Waals surface area contributed by atoms with Crippen molar-refractivity contribution in [2.45, 2.75) is 102 Å². The van der Waals surface area contributed by atoms with E-state index in [9.17, 15) is 37.3 Å². The molecule has 1 amide bonds. The highest BCUT2D eigenvalue weighted by atomic mass is 32.2. The van der Waals surface area contributed by atoms with E-state index in [1.54, 1.807) is 12.1 Å². The van der Waals surface area contributed by atoms with E-state index in [-0.39, 0.29) is 35.4 Å². The van der Waals surface area contributed by atoms with Gasteiger partial charge in [-0.1, -0.05) is 18.9 Å². The first-order valence-electron chi connectivity index (χ1n) is 22.6. The Hall–Kier alpha value is -5.30. The summed E-state index contributed by atoms with van der Waals surface area (Å²) >= 11 is 0. The smallest absolute Gasteiger partial charge is 0.469 e. The quantitative estimate of drug-likeness (QED) is 0.0248. The second-order valence-electron chi connectivity index (χ2n) is 17.9. The SMILES string of the molecule is CC[N+]1=c2cc3c(cc2CCC1)=Nc1cc2c(cc1O3)N(CCCC(=O)NCCCCCCNc1nc3c(=O)[nH]c(N)nc3n1[C@@H]1O[C@H](COP(=O)(O)O)[C@@H](O)[C@H]1O)C(C)(C)C=C2CS(=O)(=O)[O-]. The number of nitrogens with two attached hydrogens (primary N) is 1. The minimum atomic E-state index is -4.91. The highest BCUT2D eigenvalue weighted by Gasteiger charge is 2.46. The number of benzene rings is 2. The third-order valence-corrected chi connectivity index (χ3v) is 13.7. The molecule has 25 heteroatoms. The van der Waals surface area contributed by atoms with E-state index in [2.05, 4.69) is 52.6 Å². The number of rotatable bonds is 19. The molecule has 4 aromatic rings. The number of ether oxygens (including phenoxy) is 2. The van der Waals surface area contributed by atoms with Crippen molar-refractivity contribution in [2.24, 2.45) is 4.99 Å². The molecule has 368 valence electrons. The van der Waals surface area contributed by atoms with E-state index >= 15 is 0 Å². The van der Waals surface area contributed by atoms with Gasteiger partial charge in [-0.2, -0.15) is 4.98 Å². The third kappa shape index (κ3) is 10.8. The Bertz CT molecular complexity index is 2990. The molecule has 0 radical (unpaired) electrons. The van der Waals surface area contributed by atoms with E-state index in [0.717, 1.165) is 44.1 Å². The maximum absolute atomic E-state index is 13.0. The van der Waals surface area contributed by atoms with Crippen LogP contribution < -0.4 is 46.9 Å². The van der Waals surface area contributed by atoms with Crippen LogP contribution in [0, 0.1) is 0 Å². The van der Waals surface area contributed by atoms with Crippen LogP contribution in [0.4, 0.5) is 23.3 Å². The molecular weight excluding hydrogens is 928 g/mol. The normalized spacial score (nSPS) is 20.7. The van der Waals surface area contributed by atoms with Crippen LogP contribution >= 0.6 is 7.82 Å². The van der Waals surface area contributed by atoms with Crippen LogP contribution in [0.15, 0.2) is 40.1 Å². The summed E-state index contributed by atoms with van der Waals surface area (Å²) in [6.07, 6.45) is 1.39. The number of nitrogen functional groups attached to an aromatic ring is 1. The maximum Gasteiger partial charge on any atom is 0.469 e. The van der Waals surface area contributed by atoms with Gasteiger partial charge in [-0.15, -0.1) is 0 Å². The topological polar surface area (TPSA) is 332 Å². The summed E-state index contributed by atoms with van der Waals surface area (Å²) in [4.78, 5) is 61.8. The molecular formula is C43H57N10O13PS. The molecule has 1 saturated heterocycles. The number of aliphatic hydroxyl groups excluding tert-OH is 2. The van der Waals surface area contributed by atoms with Gasteiger partial charge < -0.3 is 55.3 Å². The van der Waals surface area contributed by atoms with Crippen molar-refractivity contribution in [3.8, 4) is 11.5 Å². The largest absolute Gasteiger partial charge is 0.748 e. The Morgan fingerprint density at radius 2 is 1.85 bits per heavy atom. The number of aromatic nitrogens is 4. The molecule has 68 heavy (non-hydrogen) atoms. The summed E-state index contributed by atoms with van der Waals surface area (Å²) in [7, 11) is -9.53. The van der Waals surface area contributed by atoms with Crippen molar-refractivity contribution in [3.05, 3.63) is 62.5 Å². The molecule has 6 heterocycles. The lowest BCUT2D eigenvalue weighted by Gasteiger charge is -2.44. The second-order valence-corrected chi connectivity index (χ2v) is 20.6. The van der Waals surface area contributed by atoms with Gasteiger partial charge in [-0.25, -0.2) is 27.5 Å². The van der Waals surface area contributed by atoms with E-state index in [4.69, 9.17) is 30.0 Å². The molecule has 2 aromatic heterocycles. The van der Waals surface area contributed by atoms with Crippen LogP contribution in [0.25, 0.3) is 16.7 Å². The number of phosphoric acid groups is 1. The number of amides is 1. The number of nitrogens with zero attached hydrogens (tertiary/aromatic N) is 6. The Morgan fingerprint density at radius 3 is 2.59 bits per heavy atom.